The van der Waals surface area contributed by atoms with Gasteiger partial charge in [0.25, 0.3) is 0 Å². The number of nitrogens with zero attached hydrogens (tertiary/aromatic N) is 2. The Bertz CT molecular complexity index is 600. The van der Waals surface area contributed by atoms with E-state index in [0.29, 0.717) is 8.39 Å². The Balaban J connectivity index is 0.000000191. The van der Waals surface area contributed by atoms with Crippen molar-refractivity contribution in [2.45, 2.75) is 20.8 Å². The molecular weight excluding hydrogens is 316 g/mol. The van der Waals surface area contributed by atoms with E-state index in [0.717, 1.165) is 28.6 Å². The lowest BCUT2D eigenvalue weighted by Crippen LogP contribution is -1.89. The van der Waals surface area contributed by atoms with Gasteiger partial charge in [0.15, 0.2) is 0 Å². The highest BCUT2D eigenvalue weighted by atomic mass is 32.1. The first-order chi connectivity index (χ1) is 8.82. The molecule has 102 valence electrons. The predicted octanol–water partition coefficient (Wildman–Crippen LogP) is 2.96. The van der Waals surface area contributed by atoms with Crippen LogP contribution in [0, 0.1) is 20.8 Å². The maximum Gasteiger partial charge on any atom is 0.108 e. The third-order valence-electron chi connectivity index (χ3n) is 2.24. The Morgan fingerprint density at radius 2 is 1.63 bits per heavy atom. The first-order valence-corrected chi connectivity index (χ1v) is 7.03. The molecule has 0 unspecified atom stereocenters. The maximum absolute atomic E-state index is 4.84. The van der Waals surface area contributed by atoms with Gasteiger partial charge in [-0.3, -0.25) is 0 Å². The highest BCUT2D eigenvalue weighted by molar-refractivity contribution is 8.12. The number of rotatable bonds is 2. The van der Waals surface area contributed by atoms with Crippen LogP contribution in [0.3, 0.4) is 0 Å². The van der Waals surface area contributed by atoms with E-state index in [9.17, 15) is 0 Å². The normalized spacial score (nSPS) is 9.74. The van der Waals surface area contributed by atoms with Gasteiger partial charge in [-0.1, -0.05) is 24.4 Å². The Kier molecular flexibility index (Phi) is 6.18. The van der Waals surface area contributed by atoms with E-state index < -0.39 is 0 Å². The number of H-pyrrole nitrogens is 2. The molecule has 0 aliphatic rings. The van der Waals surface area contributed by atoms with Gasteiger partial charge in [-0.25, -0.2) is 9.97 Å². The summed E-state index contributed by atoms with van der Waals surface area (Å²) in [5.41, 5.74) is 3.51. The van der Waals surface area contributed by atoms with Gasteiger partial charge in [-0.05, 0) is 20.8 Å². The molecule has 0 saturated carbocycles. The minimum atomic E-state index is 0.536. The Labute approximate surface area is 133 Å². The molecule has 8 heteroatoms. The molecule has 4 nitrogen and oxygen atoms in total. The second kappa shape index (κ2) is 7.18. The van der Waals surface area contributed by atoms with Crippen LogP contribution in [0.15, 0.2) is 6.33 Å². The van der Waals surface area contributed by atoms with Gasteiger partial charge in [-0.2, -0.15) is 0 Å². The third-order valence-corrected chi connectivity index (χ3v) is 3.05. The minimum absolute atomic E-state index is 0.536. The summed E-state index contributed by atoms with van der Waals surface area (Å²) in [5, 5.41) is 0. The number of aromatic nitrogens is 4. The highest BCUT2D eigenvalue weighted by Crippen LogP contribution is 2.07. The summed E-state index contributed by atoms with van der Waals surface area (Å²) in [6.45, 7) is 5.73. The van der Waals surface area contributed by atoms with E-state index in [1.807, 2.05) is 20.8 Å². The SMILES string of the molecule is Cc1[nH]cnc1C(=S)S.Cc1nc(C(=S)S)c(C)[nH]1. The number of imidazole rings is 2. The van der Waals surface area contributed by atoms with Gasteiger partial charge in [-0.15, -0.1) is 25.3 Å². The number of thiocarbonyl (C=S) groups is 2. The van der Waals surface area contributed by atoms with Crippen LogP contribution < -0.4 is 0 Å². The van der Waals surface area contributed by atoms with E-state index in [-0.39, 0.29) is 0 Å². The minimum Gasteiger partial charge on any atom is -0.348 e. The van der Waals surface area contributed by atoms with E-state index in [1.54, 1.807) is 6.33 Å². The van der Waals surface area contributed by atoms with Crippen molar-refractivity contribution >= 4 is 58.1 Å². The van der Waals surface area contributed by atoms with Gasteiger partial charge in [0, 0.05) is 11.4 Å². The monoisotopic (exact) mass is 330 g/mol. The Morgan fingerprint density at radius 3 is 1.84 bits per heavy atom. The van der Waals surface area contributed by atoms with E-state index in [2.05, 4.69) is 45.2 Å². The van der Waals surface area contributed by atoms with Gasteiger partial charge >= 0.3 is 0 Å². The largest absolute Gasteiger partial charge is 0.348 e. The van der Waals surface area contributed by atoms with Crippen molar-refractivity contribution in [2.24, 2.45) is 0 Å². The summed E-state index contributed by atoms with van der Waals surface area (Å²) < 4.78 is 1.08. The number of nitrogens with one attached hydrogen (secondary N) is 2. The molecule has 2 aromatic heterocycles. The standard InChI is InChI=1S/C6H8N2S2.C5H6N2S2/c1-3-5(6(9)10)8-4(2)7-3;1-3-4(5(8)9)7-2-6-3/h1-2H3,(H,7,8)(H,9,10);2H,1H3,(H,6,7)(H,8,9). The molecule has 0 aliphatic carbocycles. The molecule has 0 radical (unpaired) electrons. The molecule has 2 heterocycles. The van der Waals surface area contributed by atoms with Gasteiger partial charge in [0.2, 0.25) is 0 Å². The van der Waals surface area contributed by atoms with Gasteiger partial charge < -0.3 is 9.97 Å². The van der Waals surface area contributed by atoms with Crippen LogP contribution in [0.4, 0.5) is 0 Å². The first-order valence-electron chi connectivity index (χ1n) is 5.32. The quantitative estimate of drug-likeness (QED) is 0.505. The fourth-order valence-electron chi connectivity index (χ4n) is 1.39. The van der Waals surface area contributed by atoms with Crippen LogP contribution in [0.1, 0.15) is 28.6 Å². The van der Waals surface area contributed by atoms with Crippen molar-refractivity contribution < 1.29 is 0 Å². The molecule has 0 aliphatic heterocycles. The number of hydrogen-bond donors (Lipinski definition) is 4. The lowest BCUT2D eigenvalue weighted by atomic mass is 10.4. The zero-order chi connectivity index (χ0) is 14.6. The number of aromatic amines is 2. The second-order valence-electron chi connectivity index (χ2n) is 3.78. The molecule has 19 heavy (non-hydrogen) atoms. The average molecular weight is 331 g/mol. The lowest BCUT2D eigenvalue weighted by molar-refractivity contribution is 1.13. The van der Waals surface area contributed by atoms with Crippen molar-refractivity contribution in [3.05, 3.63) is 34.9 Å². The average Bonchev–Trinajstić information content (AvgIpc) is 2.85. The Hall–Kier alpha value is -0.700. The van der Waals surface area contributed by atoms with Crippen LogP contribution in [0.25, 0.3) is 0 Å². The molecule has 0 aromatic carbocycles. The number of aryl methyl sites for hydroxylation is 3. The van der Waals surface area contributed by atoms with Crippen molar-refractivity contribution in [2.75, 3.05) is 0 Å². The molecule has 2 N–H and O–H groups in total. The summed E-state index contributed by atoms with van der Waals surface area (Å²) in [7, 11) is 0. The highest BCUT2D eigenvalue weighted by Gasteiger charge is 2.04. The molecule has 0 bridgehead atoms. The van der Waals surface area contributed by atoms with Crippen LogP contribution in [0.5, 0.6) is 0 Å². The zero-order valence-corrected chi connectivity index (χ0v) is 14.1. The van der Waals surface area contributed by atoms with Crippen molar-refractivity contribution in [1.82, 2.24) is 19.9 Å². The summed E-state index contributed by atoms with van der Waals surface area (Å²) in [6, 6.07) is 0. The van der Waals surface area contributed by atoms with Crippen molar-refractivity contribution in [1.29, 1.82) is 0 Å². The molecule has 0 fully saturated rings. The number of thiol groups is 2. The number of hydrogen-bond acceptors (Lipinski definition) is 4. The van der Waals surface area contributed by atoms with Crippen molar-refractivity contribution in [3.8, 4) is 0 Å². The lowest BCUT2D eigenvalue weighted by Gasteiger charge is -1.88. The fraction of sp³-hybridized carbons (Fsp3) is 0.273. The molecule has 2 aromatic rings. The predicted molar refractivity (Wildman–Crippen MR) is 92.8 cm³/mol. The molecule has 0 saturated heterocycles. The third kappa shape index (κ3) is 4.72. The second-order valence-corrected chi connectivity index (χ2v) is 6.10. The summed E-state index contributed by atoms with van der Waals surface area (Å²) in [4.78, 5) is 14.0. The van der Waals surface area contributed by atoms with E-state index >= 15 is 0 Å². The molecular formula is C11H14N4S4. The van der Waals surface area contributed by atoms with Crippen LogP contribution >= 0.6 is 49.7 Å². The molecule has 2 rings (SSSR count). The Morgan fingerprint density at radius 1 is 1.05 bits per heavy atom. The molecule has 0 spiro atoms. The smallest absolute Gasteiger partial charge is 0.108 e. The maximum atomic E-state index is 4.84. The fourth-order valence-corrected chi connectivity index (χ4v) is 2.24. The van der Waals surface area contributed by atoms with Crippen LogP contribution in [-0.2, 0) is 0 Å². The zero-order valence-electron chi connectivity index (χ0n) is 10.7. The van der Waals surface area contributed by atoms with Gasteiger partial charge in [0.1, 0.15) is 17.2 Å². The molecule has 0 amide bonds. The van der Waals surface area contributed by atoms with Crippen LogP contribution in [0.2, 0.25) is 0 Å². The summed E-state index contributed by atoms with van der Waals surface area (Å²) in [6.07, 6.45) is 1.60. The van der Waals surface area contributed by atoms with Crippen molar-refractivity contribution in [3.63, 3.8) is 0 Å². The first kappa shape index (κ1) is 16.4. The van der Waals surface area contributed by atoms with E-state index in [1.165, 1.54) is 0 Å². The van der Waals surface area contributed by atoms with Crippen LogP contribution in [-0.4, -0.2) is 28.3 Å². The van der Waals surface area contributed by atoms with E-state index in [4.69, 9.17) is 24.4 Å². The van der Waals surface area contributed by atoms with Gasteiger partial charge in [0.05, 0.1) is 14.7 Å². The topological polar surface area (TPSA) is 57.4 Å². The molecule has 0 atom stereocenters. The summed E-state index contributed by atoms with van der Waals surface area (Å²) >= 11 is 17.6. The summed E-state index contributed by atoms with van der Waals surface area (Å²) in [5.74, 6) is 0.879.